The molecule has 0 radical (unpaired) electrons. The highest BCUT2D eigenvalue weighted by Crippen LogP contribution is 2.10. The molecule has 2 aromatic rings. The Hall–Kier alpha value is -1.49. The third kappa shape index (κ3) is 2.05. The second kappa shape index (κ2) is 3.71. The maximum Gasteiger partial charge on any atom is 0.172 e. The molecule has 0 aromatic carbocycles. The summed E-state index contributed by atoms with van der Waals surface area (Å²) in [6, 6.07) is 3.54. The van der Waals surface area contributed by atoms with Gasteiger partial charge in [-0.1, -0.05) is 16.8 Å². The zero-order valence-corrected chi connectivity index (χ0v) is 8.32. The first-order chi connectivity index (χ1) is 6.74. The fourth-order valence-electron chi connectivity index (χ4n) is 1.06. The summed E-state index contributed by atoms with van der Waals surface area (Å²) in [7, 11) is 1.86. The molecule has 0 saturated carbocycles. The standard InChI is InChI=1S/C8H9ClN4O/c1-13-3-2-8(11-13)10-5-6-4-7(9)12-14-6/h2-4H,5H2,1H3,(H,10,11). The highest BCUT2D eigenvalue weighted by Gasteiger charge is 2.02. The summed E-state index contributed by atoms with van der Waals surface area (Å²) in [5.41, 5.74) is 0. The van der Waals surface area contributed by atoms with Gasteiger partial charge in [0.05, 0.1) is 6.54 Å². The van der Waals surface area contributed by atoms with Gasteiger partial charge in [-0.05, 0) is 0 Å². The van der Waals surface area contributed by atoms with Crippen molar-refractivity contribution in [2.24, 2.45) is 7.05 Å². The number of aromatic nitrogens is 3. The molecule has 0 fully saturated rings. The lowest BCUT2D eigenvalue weighted by atomic mass is 10.4. The van der Waals surface area contributed by atoms with E-state index >= 15 is 0 Å². The Morgan fingerprint density at radius 2 is 2.50 bits per heavy atom. The highest BCUT2D eigenvalue weighted by atomic mass is 35.5. The van der Waals surface area contributed by atoms with Crippen molar-refractivity contribution < 1.29 is 4.52 Å². The molecule has 5 nitrogen and oxygen atoms in total. The lowest BCUT2D eigenvalue weighted by molar-refractivity contribution is 0.388. The largest absolute Gasteiger partial charge is 0.361 e. The number of rotatable bonds is 3. The van der Waals surface area contributed by atoms with Crippen molar-refractivity contribution in [1.82, 2.24) is 14.9 Å². The summed E-state index contributed by atoms with van der Waals surface area (Å²) in [4.78, 5) is 0. The third-order valence-corrected chi connectivity index (χ3v) is 1.87. The van der Waals surface area contributed by atoms with E-state index in [1.165, 1.54) is 0 Å². The molecule has 2 heterocycles. The molecule has 0 aliphatic heterocycles. The first-order valence-electron chi connectivity index (χ1n) is 4.08. The molecule has 0 amide bonds. The molecule has 0 spiro atoms. The van der Waals surface area contributed by atoms with Crippen molar-refractivity contribution >= 4 is 17.4 Å². The molecule has 2 aromatic heterocycles. The predicted molar refractivity (Wildman–Crippen MR) is 52.0 cm³/mol. The first kappa shape index (κ1) is 9.08. The van der Waals surface area contributed by atoms with Crippen LogP contribution in [0.2, 0.25) is 5.15 Å². The van der Waals surface area contributed by atoms with Gasteiger partial charge >= 0.3 is 0 Å². The number of halogens is 1. The van der Waals surface area contributed by atoms with Crippen molar-refractivity contribution in [3.05, 3.63) is 29.2 Å². The molecule has 0 saturated heterocycles. The van der Waals surface area contributed by atoms with E-state index in [-0.39, 0.29) is 0 Å². The molecule has 74 valence electrons. The van der Waals surface area contributed by atoms with E-state index in [2.05, 4.69) is 15.6 Å². The average Bonchev–Trinajstić information content (AvgIpc) is 2.72. The number of hydrogen-bond donors (Lipinski definition) is 1. The predicted octanol–water partition coefficient (Wildman–Crippen LogP) is 1.67. The summed E-state index contributed by atoms with van der Waals surface area (Å²) in [5.74, 6) is 1.47. The van der Waals surface area contributed by atoms with Crippen molar-refractivity contribution in [1.29, 1.82) is 0 Å². The van der Waals surface area contributed by atoms with Crippen molar-refractivity contribution in [2.75, 3.05) is 5.32 Å². The molecule has 6 heteroatoms. The van der Waals surface area contributed by atoms with Crippen LogP contribution >= 0.6 is 11.6 Å². The van der Waals surface area contributed by atoms with Crippen molar-refractivity contribution in [3.63, 3.8) is 0 Å². The fourth-order valence-corrected chi connectivity index (χ4v) is 1.21. The van der Waals surface area contributed by atoms with Gasteiger partial charge in [0, 0.05) is 25.4 Å². The van der Waals surface area contributed by atoms with Crippen LogP contribution in [0, 0.1) is 0 Å². The van der Waals surface area contributed by atoms with Crippen molar-refractivity contribution in [3.8, 4) is 0 Å². The molecular formula is C8H9ClN4O. The molecule has 0 atom stereocenters. The van der Waals surface area contributed by atoms with E-state index in [9.17, 15) is 0 Å². The monoisotopic (exact) mass is 212 g/mol. The summed E-state index contributed by atoms with van der Waals surface area (Å²) in [5, 5.41) is 11.1. The van der Waals surface area contributed by atoms with E-state index < -0.39 is 0 Å². The minimum absolute atomic E-state index is 0.364. The second-order valence-electron chi connectivity index (χ2n) is 2.84. The SMILES string of the molecule is Cn1ccc(NCc2cc(Cl)no2)n1. The van der Waals surface area contributed by atoms with Gasteiger partial charge in [0.25, 0.3) is 0 Å². The van der Waals surface area contributed by atoms with Crippen LogP contribution in [-0.4, -0.2) is 14.9 Å². The van der Waals surface area contributed by atoms with Gasteiger partial charge in [-0.15, -0.1) is 0 Å². The van der Waals surface area contributed by atoms with Crippen LogP contribution in [0.15, 0.2) is 22.9 Å². The Morgan fingerprint density at radius 1 is 1.64 bits per heavy atom. The van der Waals surface area contributed by atoms with E-state index in [1.807, 2.05) is 19.3 Å². The Kier molecular flexibility index (Phi) is 2.41. The summed E-state index contributed by atoms with van der Waals surface area (Å²) >= 11 is 5.59. The number of anilines is 1. The molecule has 2 rings (SSSR count). The maximum absolute atomic E-state index is 5.59. The minimum atomic E-state index is 0.364. The van der Waals surface area contributed by atoms with Crippen LogP contribution in [0.1, 0.15) is 5.76 Å². The zero-order valence-electron chi connectivity index (χ0n) is 7.57. The molecule has 0 aliphatic carbocycles. The Balaban J connectivity index is 1.94. The normalized spacial score (nSPS) is 10.4. The van der Waals surface area contributed by atoms with Crippen LogP contribution in [0.25, 0.3) is 0 Å². The number of hydrogen-bond acceptors (Lipinski definition) is 4. The minimum Gasteiger partial charge on any atom is -0.361 e. The average molecular weight is 213 g/mol. The molecule has 14 heavy (non-hydrogen) atoms. The highest BCUT2D eigenvalue weighted by molar-refractivity contribution is 6.29. The van der Waals surface area contributed by atoms with Gasteiger partial charge in [0.15, 0.2) is 10.9 Å². The maximum atomic E-state index is 5.59. The lowest BCUT2D eigenvalue weighted by Crippen LogP contribution is -1.99. The Bertz CT molecular complexity index is 382. The van der Waals surface area contributed by atoms with E-state index in [0.29, 0.717) is 17.5 Å². The van der Waals surface area contributed by atoms with Gasteiger partial charge in [0.1, 0.15) is 5.82 Å². The van der Waals surface area contributed by atoms with Gasteiger partial charge in [0.2, 0.25) is 0 Å². The summed E-state index contributed by atoms with van der Waals surface area (Å²) < 4.78 is 6.63. The molecule has 0 unspecified atom stereocenters. The first-order valence-corrected chi connectivity index (χ1v) is 4.46. The summed E-state index contributed by atoms with van der Waals surface area (Å²) in [6.45, 7) is 0.525. The van der Waals surface area contributed by atoms with Crippen LogP contribution in [0.3, 0.4) is 0 Å². The Morgan fingerprint density at radius 3 is 3.07 bits per heavy atom. The molecular weight excluding hydrogens is 204 g/mol. The second-order valence-corrected chi connectivity index (χ2v) is 3.23. The van der Waals surface area contributed by atoms with E-state index in [0.717, 1.165) is 5.82 Å². The van der Waals surface area contributed by atoms with E-state index in [4.69, 9.17) is 16.1 Å². The number of aryl methyl sites for hydroxylation is 1. The van der Waals surface area contributed by atoms with Gasteiger partial charge < -0.3 is 9.84 Å². The van der Waals surface area contributed by atoms with Crippen LogP contribution < -0.4 is 5.32 Å². The van der Waals surface area contributed by atoms with Crippen LogP contribution in [0.4, 0.5) is 5.82 Å². The molecule has 0 bridgehead atoms. The topological polar surface area (TPSA) is 55.9 Å². The smallest absolute Gasteiger partial charge is 0.172 e. The van der Waals surface area contributed by atoms with Gasteiger partial charge in [-0.3, -0.25) is 4.68 Å². The molecule has 1 N–H and O–H groups in total. The molecule has 0 aliphatic rings. The number of nitrogens with one attached hydrogen (secondary N) is 1. The fraction of sp³-hybridized carbons (Fsp3) is 0.250. The lowest BCUT2D eigenvalue weighted by Gasteiger charge is -1.97. The quantitative estimate of drug-likeness (QED) is 0.841. The zero-order chi connectivity index (χ0) is 9.97. The van der Waals surface area contributed by atoms with Crippen LogP contribution in [0.5, 0.6) is 0 Å². The Labute approximate surface area is 85.6 Å². The van der Waals surface area contributed by atoms with Gasteiger partial charge in [-0.2, -0.15) is 5.10 Å². The summed E-state index contributed by atoms with van der Waals surface area (Å²) in [6.07, 6.45) is 1.86. The van der Waals surface area contributed by atoms with Crippen molar-refractivity contribution in [2.45, 2.75) is 6.54 Å². The third-order valence-electron chi connectivity index (χ3n) is 1.69. The number of nitrogens with zero attached hydrogens (tertiary/aromatic N) is 3. The van der Waals surface area contributed by atoms with Gasteiger partial charge in [-0.25, -0.2) is 0 Å². The van der Waals surface area contributed by atoms with E-state index in [1.54, 1.807) is 10.7 Å². The van der Waals surface area contributed by atoms with Crippen LogP contribution in [-0.2, 0) is 13.6 Å².